The number of nitrogens with zero attached hydrogens (tertiary/aromatic N) is 1. The average Bonchev–Trinajstić information content (AvgIpc) is 3.25. The molecule has 5 nitrogen and oxygen atoms in total. The number of ether oxygens (including phenoxy) is 2. The lowest BCUT2D eigenvalue weighted by atomic mass is 9.86. The maximum atomic E-state index is 13.2. The number of aromatic amines is 1. The van der Waals surface area contributed by atoms with Crippen LogP contribution in [0.1, 0.15) is 33.2 Å². The number of para-hydroxylation sites is 1. The lowest BCUT2D eigenvalue weighted by Gasteiger charge is -2.40. The van der Waals surface area contributed by atoms with Gasteiger partial charge in [-0.05, 0) is 36.1 Å². The molecule has 124 valence electrons. The molecule has 1 atom stereocenters. The molecule has 0 unspecified atom stereocenters. The van der Waals surface area contributed by atoms with Crippen molar-refractivity contribution < 1.29 is 14.3 Å². The molecule has 1 aromatic heterocycles. The predicted octanol–water partition coefficient (Wildman–Crippen LogP) is 3.19. The van der Waals surface area contributed by atoms with E-state index in [1.165, 1.54) is 16.6 Å². The summed E-state index contributed by atoms with van der Waals surface area (Å²) in [6, 6.07) is 12.4. The largest absolute Gasteiger partial charge is 0.454 e. The van der Waals surface area contributed by atoms with E-state index in [9.17, 15) is 4.79 Å². The van der Waals surface area contributed by atoms with Gasteiger partial charge < -0.3 is 19.4 Å². The first-order valence-corrected chi connectivity index (χ1v) is 8.63. The molecule has 0 radical (unpaired) electrons. The summed E-state index contributed by atoms with van der Waals surface area (Å²) in [5, 5.41) is 1.28. The van der Waals surface area contributed by atoms with Crippen LogP contribution in [-0.4, -0.2) is 29.1 Å². The second-order valence-electron chi connectivity index (χ2n) is 6.86. The summed E-state index contributed by atoms with van der Waals surface area (Å²) in [5.41, 5.74) is 5.42. The highest BCUT2D eigenvalue weighted by Crippen LogP contribution is 2.46. The quantitative estimate of drug-likeness (QED) is 0.688. The molecule has 3 aliphatic heterocycles. The van der Waals surface area contributed by atoms with Crippen molar-refractivity contribution in [2.24, 2.45) is 0 Å². The molecule has 0 saturated carbocycles. The zero-order valence-corrected chi connectivity index (χ0v) is 13.5. The number of amides is 1. The van der Waals surface area contributed by atoms with Crippen molar-refractivity contribution >= 4 is 16.8 Å². The third-order valence-corrected chi connectivity index (χ3v) is 5.67. The number of carbonyl (C=O) groups excluding carboxylic acids is 1. The Morgan fingerprint density at radius 1 is 1.12 bits per heavy atom. The highest BCUT2D eigenvalue weighted by Gasteiger charge is 2.41. The van der Waals surface area contributed by atoms with Gasteiger partial charge in [0.2, 0.25) is 6.79 Å². The molecule has 0 spiro atoms. The van der Waals surface area contributed by atoms with Gasteiger partial charge in [0, 0.05) is 23.1 Å². The van der Waals surface area contributed by atoms with E-state index in [-0.39, 0.29) is 18.7 Å². The van der Waals surface area contributed by atoms with Crippen molar-refractivity contribution in [2.75, 3.05) is 13.3 Å². The second kappa shape index (κ2) is 4.57. The minimum absolute atomic E-state index is 0.0536. The summed E-state index contributed by atoms with van der Waals surface area (Å²) in [5.74, 6) is 1.34. The standard InChI is InChI=1S/C20H16N2O3/c23-20-17-11(5-6-16-19(17)25-10-24-16)9-15-18-13(7-8-22(15)20)12-3-1-2-4-14(12)21-18/h1-6,15,21H,7-10H2/t15-/m0/s1. The van der Waals surface area contributed by atoms with E-state index in [0.717, 1.165) is 30.5 Å². The number of hydrogen-bond donors (Lipinski definition) is 1. The van der Waals surface area contributed by atoms with E-state index >= 15 is 0 Å². The Hall–Kier alpha value is -2.95. The van der Waals surface area contributed by atoms with Crippen LogP contribution in [0.2, 0.25) is 0 Å². The Bertz CT molecular complexity index is 1050. The number of carbonyl (C=O) groups is 1. The number of rotatable bonds is 0. The van der Waals surface area contributed by atoms with Crippen LogP contribution in [0, 0.1) is 0 Å². The fourth-order valence-corrected chi connectivity index (χ4v) is 4.54. The summed E-state index contributed by atoms with van der Waals surface area (Å²) in [6.45, 7) is 0.928. The third-order valence-electron chi connectivity index (χ3n) is 5.67. The molecule has 1 amide bonds. The number of benzene rings is 2. The first-order valence-electron chi connectivity index (χ1n) is 8.63. The third kappa shape index (κ3) is 1.65. The summed E-state index contributed by atoms with van der Waals surface area (Å²) in [6.07, 6.45) is 1.68. The first-order chi connectivity index (χ1) is 12.3. The van der Waals surface area contributed by atoms with Crippen LogP contribution in [0.3, 0.4) is 0 Å². The van der Waals surface area contributed by atoms with Gasteiger partial charge in [-0.1, -0.05) is 24.3 Å². The van der Waals surface area contributed by atoms with E-state index in [1.54, 1.807) is 0 Å². The van der Waals surface area contributed by atoms with Gasteiger partial charge in [0.25, 0.3) is 5.91 Å². The van der Waals surface area contributed by atoms with Crippen molar-refractivity contribution in [3.05, 3.63) is 58.8 Å². The minimum atomic E-state index is 0.0536. The molecule has 6 rings (SSSR count). The van der Waals surface area contributed by atoms with E-state index in [1.807, 2.05) is 23.1 Å². The molecule has 25 heavy (non-hydrogen) atoms. The number of nitrogens with one attached hydrogen (secondary N) is 1. The van der Waals surface area contributed by atoms with Gasteiger partial charge in [0.15, 0.2) is 11.5 Å². The summed E-state index contributed by atoms with van der Waals surface area (Å²) in [7, 11) is 0. The molecule has 0 aliphatic carbocycles. The molecule has 1 N–H and O–H groups in total. The van der Waals surface area contributed by atoms with Crippen LogP contribution in [0.5, 0.6) is 11.5 Å². The molecule has 0 bridgehead atoms. The first kappa shape index (κ1) is 13.4. The number of hydrogen-bond acceptors (Lipinski definition) is 3. The molecule has 0 saturated heterocycles. The van der Waals surface area contributed by atoms with Crippen molar-refractivity contribution in [3.63, 3.8) is 0 Å². The molecular weight excluding hydrogens is 316 g/mol. The van der Waals surface area contributed by atoms with Crippen molar-refractivity contribution in [1.29, 1.82) is 0 Å². The summed E-state index contributed by atoms with van der Waals surface area (Å²) >= 11 is 0. The lowest BCUT2D eigenvalue weighted by molar-refractivity contribution is 0.0622. The molecule has 4 heterocycles. The normalized spacial score (nSPS) is 20.4. The number of aromatic nitrogens is 1. The molecule has 0 fully saturated rings. The Morgan fingerprint density at radius 2 is 2.04 bits per heavy atom. The van der Waals surface area contributed by atoms with Crippen LogP contribution < -0.4 is 9.47 Å². The van der Waals surface area contributed by atoms with Gasteiger partial charge in [-0.2, -0.15) is 0 Å². The Labute approximate surface area is 144 Å². The smallest absolute Gasteiger partial charge is 0.258 e. The van der Waals surface area contributed by atoms with Crippen LogP contribution in [-0.2, 0) is 12.8 Å². The monoisotopic (exact) mass is 332 g/mol. The van der Waals surface area contributed by atoms with Gasteiger partial charge in [-0.3, -0.25) is 4.79 Å². The SMILES string of the molecule is O=C1c2c(ccc3c2OCO3)C[C@H]2c3[nH]c4ccccc4c3CCN12. The van der Waals surface area contributed by atoms with E-state index in [0.29, 0.717) is 17.1 Å². The lowest BCUT2D eigenvalue weighted by Crippen LogP contribution is -2.44. The molecule has 5 heteroatoms. The van der Waals surface area contributed by atoms with Gasteiger partial charge in [0.05, 0.1) is 11.6 Å². The Kier molecular flexibility index (Phi) is 2.44. The molecular formula is C20H16N2O3. The van der Waals surface area contributed by atoms with E-state index in [4.69, 9.17) is 9.47 Å². The summed E-state index contributed by atoms with van der Waals surface area (Å²) in [4.78, 5) is 18.8. The summed E-state index contributed by atoms with van der Waals surface area (Å²) < 4.78 is 11.0. The van der Waals surface area contributed by atoms with Crippen molar-refractivity contribution in [1.82, 2.24) is 9.88 Å². The predicted molar refractivity (Wildman–Crippen MR) is 92.0 cm³/mol. The second-order valence-corrected chi connectivity index (χ2v) is 6.86. The maximum absolute atomic E-state index is 13.2. The van der Waals surface area contributed by atoms with Crippen molar-refractivity contribution in [2.45, 2.75) is 18.9 Å². The topological polar surface area (TPSA) is 54.6 Å². The molecule has 3 aliphatic rings. The zero-order valence-electron chi connectivity index (χ0n) is 13.5. The Morgan fingerprint density at radius 3 is 3.00 bits per heavy atom. The fourth-order valence-electron chi connectivity index (χ4n) is 4.54. The van der Waals surface area contributed by atoms with Crippen LogP contribution >= 0.6 is 0 Å². The van der Waals surface area contributed by atoms with Crippen LogP contribution in [0.4, 0.5) is 0 Å². The number of H-pyrrole nitrogens is 1. The van der Waals surface area contributed by atoms with E-state index in [2.05, 4.69) is 23.2 Å². The van der Waals surface area contributed by atoms with Crippen LogP contribution in [0.25, 0.3) is 10.9 Å². The average molecular weight is 332 g/mol. The minimum Gasteiger partial charge on any atom is -0.454 e. The molecule has 3 aromatic rings. The van der Waals surface area contributed by atoms with Crippen LogP contribution in [0.15, 0.2) is 36.4 Å². The van der Waals surface area contributed by atoms with Gasteiger partial charge >= 0.3 is 0 Å². The van der Waals surface area contributed by atoms with Gasteiger partial charge in [-0.15, -0.1) is 0 Å². The highest BCUT2D eigenvalue weighted by atomic mass is 16.7. The highest BCUT2D eigenvalue weighted by molar-refractivity contribution is 6.01. The maximum Gasteiger partial charge on any atom is 0.258 e. The van der Waals surface area contributed by atoms with Gasteiger partial charge in [0.1, 0.15) is 0 Å². The fraction of sp³-hybridized carbons (Fsp3) is 0.250. The van der Waals surface area contributed by atoms with Gasteiger partial charge in [-0.25, -0.2) is 0 Å². The van der Waals surface area contributed by atoms with Crippen molar-refractivity contribution in [3.8, 4) is 11.5 Å². The molecule has 2 aromatic carbocycles. The number of fused-ring (bicyclic) bond motifs is 8. The van der Waals surface area contributed by atoms with E-state index < -0.39 is 0 Å². The Balaban J connectivity index is 1.53. The zero-order chi connectivity index (χ0) is 16.5.